The Balaban J connectivity index is 0.00000161. The molecule has 5 nitrogen and oxygen atoms in total. The van der Waals surface area contributed by atoms with Gasteiger partial charge in [-0.3, -0.25) is 9.59 Å². The molecule has 1 saturated carbocycles. The van der Waals surface area contributed by atoms with E-state index < -0.39 is 0 Å². The number of aryl methyl sites for hydroxylation is 1. The lowest BCUT2D eigenvalue weighted by molar-refractivity contribution is -0.116. The molecule has 0 saturated heterocycles. The molecule has 2 aliphatic rings. The third-order valence-corrected chi connectivity index (χ3v) is 3.70. The van der Waals surface area contributed by atoms with Crippen LogP contribution in [0.25, 0.3) is 0 Å². The molecule has 0 bridgehead atoms. The molecule has 114 valence electrons. The number of benzene rings is 1. The molecule has 3 N–H and O–H groups in total. The van der Waals surface area contributed by atoms with Crippen LogP contribution in [0.4, 0.5) is 11.4 Å². The van der Waals surface area contributed by atoms with E-state index in [2.05, 4.69) is 16.0 Å². The molecule has 0 atom stereocenters. The van der Waals surface area contributed by atoms with Gasteiger partial charge in [-0.05, 0) is 49.4 Å². The monoisotopic (exact) mass is 309 g/mol. The van der Waals surface area contributed by atoms with Gasteiger partial charge < -0.3 is 16.0 Å². The van der Waals surface area contributed by atoms with Crippen molar-refractivity contribution in [3.63, 3.8) is 0 Å². The van der Waals surface area contributed by atoms with Crippen LogP contribution in [-0.2, 0) is 16.0 Å². The fourth-order valence-electron chi connectivity index (χ4n) is 2.37. The van der Waals surface area contributed by atoms with Crippen molar-refractivity contribution in [3.05, 3.63) is 23.8 Å². The van der Waals surface area contributed by atoms with Gasteiger partial charge in [0, 0.05) is 17.8 Å². The second-order valence-electron chi connectivity index (χ2n) is 5.54. The third kappa shape index (κ3) is 4.44. The number of hydrogen-bond acceptors (Lipinski definition) is 3. The first kappa shape index (κ1) is 15.8. The van der Waals surface area contributed by atoms with E-state index in [1.165, 1.54) is 12.8 Å². The first-order valence-corrected chi connectivity index (χ1v) is 7.14. The number of carbonyl (C=O) groups is 2. The molecule has 3 rings (SSSR count). The summed E-state index contributed by atoms with van der Waals surface area (Å²) in [5.74, 6) is 0.751. The van der Waals surface area contributed by atoms with Gasteiger partial charge in [0.15, 0.2) is 0 Å². The predicted molar refractivity (Wildman–Crippen MR) is 84.9 cm³/mol. The number of fused-ring (bicyclic) bond motifs is 1. The van der Waals surface area contributed by atoms with Gasteiger partial charge in [0.1, 0.15) is 0 Å². The van der Waals surface area contributed by atoms with Crippen LogP contribution in [0.5, 0.6) is 0 Å². The number of carbonyl (C=O) groups excluding carboxylic acids is 2. The number of anilines is 2. The Morgan fingerprint density at radius 1 is 1.29 bits per heavy atom. The van der Waals surface area contributed by atoms with Crippen molar-refractivity contribution in [1.29, 1.82) is 0 Å². The summed E-state index contributed by atoms with van der Waals surface area (Å²) in [5.41, 5.74) is 2.66. The van der Waals surface area contributed by atoms with Crippen LogP contribution in [-0.4, -0.2) is 24.9 Å². The molecule has 0 unspecified atom stereocenters. The zero-order valence-corrected chi connectivity index (χ0v) is 12.6. The summed E-state index contributed by atoms with van der Waals surface area (Å²) in [7, 11) is 0. The zero-order valence-electron chi connectivity index (χ0n) is 11.8. The highest BCUT2D eigenvalue weighted by molar-refractivity contribution is 5.96. The van der Waals surface area contributed by atoms with E-state index in [0.717, 1.165) is 35.8 Å². The number of hydrogen-bond donors (Lipinski definition) is 3. The van der Waals surface area contributed by atoms with Gasteiger partial charge in [-0.25, -0.2) is 0 Å². The van der Waals surface area contributed by atoms with Crippen molar-refractivity contribution in [2.75, 3.05) is 23.7 Å². The molecule has 1 aromatic rings. The van der Waals surface area contributed by atoms with E-state index in [1.54, 1.807) is 0 Å². The second-order valence-corrected chi connectivity index (χ2v) is 5.54. The molecule has 0 radical (unpaired) electrons. The Morgan fingerprint density at radius 3 is 2.86 bits per heavy atom. The van der Waals surface area contributed by atoms with E-state index in [9.17, 15) is 9.59 Å². The van der Waals surface area contributed by atoms with E-state index in [-0.39, 0.29) is 24.2 Å². The first-order chi connectivity index (χ1) is 9.70. The van der Waals surface area contributed by atoms with Crippen LogP contribution in [0.15, 0.2) is 18.2 Å². The molecule has 2 amide bonds. The summed E-state index contributed by atoms with van der Waals surface area (Å²) >= 11 is 0. The molecule has 1 aliphatic carbocycles. The lowest BCUT2D eigenvalue weighted by atomic mass is 10.0. The average molecular weight is 310 g/mol. The fourth-order valence-corrected chi connectivity index (χ4v) is 2.37. The summed E-state index contributed by atoms with van der Waals surface area (Å²) in [4.78, 5) is 23.1. The summed E-state index contributed by atoms with van der Waals surface area (Å²) in [5, 5.41) is 8.84. The van der Waals surface area contributed by atoms with E-state index in [1.807, 2.05) is 18.2 Å². The maximum absolute atomic E-state index is 11.8. The topological polar surface area (TPSA) is 70.2 Å². The second kappa shape index (κ2) is 6.91. The predicted octanol–water partition coefficient (Wildman–Crippen LogP) is 1.93. The Kier molecular flexibility index (Phi) is 5.20. The van der Waals surface area contributed by atoms with Gasteiger partial charge in [-0.15, -0.1) is 12.4 Å². The standard InChI is InChI=1S/C15H19N3O2.ClH/c19-14-6-4-11-3-5-12(7-13(11)18-14)17-15(20)9-16-8-10-1-2-10;/h3,5,7,10,16H,1-2,4,6,8-9H2,(H,17,20)(H,18,19);1H. The average Bonchev–Trinajstić information content (AvgIpc) is 3.22. The highest BCUT2D eigenvalue weighted by Gasteiger charge is 2.20. The zero-order chi connectivity index (χ0) is 13.9. The normalized spacial score (nSPS) is 16.5. The van der Waals surface area contributed by atoms with Crippen LogP contribution in [0, 0.1) is 5.92 Å². The van der Waals surface area contributed by atoms with Gasteiger partial charge in [-0.1, -0.05) is 6.07 Å². The minimum Gasteiger partial charge on any atom is -0.326 e. The minimum absolute atomic E-state index is 0. The lowest BCUT2D eigenvalue weighted by Gasteiger charge is -2.17. The van der Waals surface area contributed by atoms with Crippen molar-refractivity contribution in [2.45, 2.75) is 25.7 Å². The molecule has 1 heterocycles. The quantitative estimate of drug-likeness (QED) is 0.778. The van der Waals surface area contributed by atoms with E-state index in [4.69, 9.17) is 0 Å². The summed E-state index contributed by atoms with van der Waals surface area (Å²) in [6.07, 6.45) is 3.85. The van der Waals surface area contributed by atoms with Gasteiger partial charge in [0.05, 0.1) is 6.54 Å². The van der Waals surface area contributed by atoms with Crippen molar-refractivity contribution in [1.82, 2.24) is 5.32 Å². The number of amides is 2. The summed E-state index contributed by atoms with van der Waals surface area (Å²) in [6, 6.07) is 5.67. The van der Waals surface area contributed by atoms with Crippen LogP contribution in [0.3, 0.4) is 0 Å². The Bertz CT molecular complexity index is 544. The molecule has 6 heteroatoms. The summed E-state index contributed by atoms with van der Waals surface area (Å²) < 4.78 is 0. The maximum atomic E-state index is 11.8. The number of rotatable bonds is 5. The molecular weight excluding hydrogens is 290 g/mol. The van der Waals surface area contributed by atoms with Crippen LogP contribution < -0.4 is 16.0 Å². The number of nitrogens with one attached hydrogen (secondary N) is 3. The summed E-state index contributed by atoms with van der Waals surface area (Å²) in [6.45, 7) is 1.26. The van der Waals surface area contributed by atoms with Crippen molar-refractivity contribution in [2.24, 2.45) is 5.92 Å². The molecule has 0 spiro atoms. The van der Waals surface area contributed by atoms with Gasteiger partial charge >= 0.3 is 0 Å². The van der Waals surface area contributed by atoms with Crippen molar-refractivity contribution in [3.8, 4) is 0 Å². The molecule has 21 heavy (non-hydrogen) atoms. The molecule has 0 aromatic heterocycles. The van der Waals surface area contributed by atoms with Gasteiger partial charge in [0.2, 0.25) is 11.8 Å². The van der Waals surface area contributed by atoms with Gasteiger partial charge in [-0.2, -0.15) is 0 Å². The fraction of sp³-hybridized carbons (Fsp3) is 0.467. The molecule has 1 aromatic carbocycles. The SMILES string of the molecule is Cl.O=C(CNCC1CC1)Nc1ccc2c(c1)NC(=O)CC2. The van der Waals surface area contributed by atoms with E-state index >= 15 is 0 Å². The third-order valence-electron chi connectivity index (χ3n) is 3.70. The number of halogens is 1. The van der Waals surface area contributed by atoms with Crippen LogP contribution in [0.2, 0.25) is 0 Å². The minimum atomic E-state index is -0.0484. The smallest absolute Gasteiger partial charge is 0.238 e. The van der Waals surface area contributed by atoms with Crippen LogP contribution >= 0.6 is 12.4 Å². The Morgan fingerprint density at radius 2 is 2.10 bits per heavy atom. The first-order valence-electron chi connectivity index (χ1n) is 7.14. The van der Waals surface area contributed by atoms with Crippen molar-refractivity contribution >= 4 is 35.6 Å². The molecule has 1 fully saturated rings. The molecular formula is C15H20ClN3O2. The van der Waals surface area contributed by atoms with Crippen LogP contribution in [0.1, 0.15) is 24.8 Å². The highest BCUT2D eigenvalue weighted by Crippen LogP contribution is 2.27. The maximum Gasteiger partial charge on any atom is 0.238 e. The largest absolute Gasteiger partial charge is 0.326 e. The van der Waals surface area contributed by atoms with E-state index in [0.29, 0.717) is 13.0 Å². The lowest BCUT2D eigenvalue weighted by Crippen LogP contribution is -2.29. The molecule has 1 aliphatic heterocycles. The highest BCUT2D eigenvalue weighted by atomic mass is 35.5. The Hall–Kier alpha value is -1.59. The Labute approximate surface area is 130 Å². The van der Waals surface area contributed by atoms with Crippen molar-refractivity contribution < 1.29 is 9.59 Å². The van der Waals surface area contributed by atoms with Gasteiger partial charge in [0.25, 0.3) is 0 Å².